The molecule has 0 radical (unpaired) electrons. The van der Waals surface area contributed by atoms with Crippen LogP contribution in [0.15, 0.2) is 15.2 Å². The molecule has 1 aliphatic heterocycles. The lowest BCUT2D eigenvalue weighted by atomic mass is 9.99. The second-order valence-corrected chi connectivity index (χ2v) is 5.00. The molecule has 1 atom stereocenters. The molecule has 0 fully saturated rings. The third-order valence-electron chi connectivity index (χ3n) is 2.82. The van der Waals surface area contributed by atoms with Gasteiger partial charge in [-0.25, -0.2) is 0 Å². The molecule has 18 heavy (non-hydrogen) atoms. The molecule has 0 bridgehead atoms. The molecule has 1 aliphatic rings. The van der Waals surface area contributed by atoms with Gasteiger partial charge in [-0.05, 0) is 22.9 Å². The molecule has 0 N–H and O–H groups in total. The lowest BCUT2D eigenvalue weighted by Gasteiger charge is -2.28. The van der Waals surface area contributed by atoms with E-state index in [-0.39, 0.29) is 24.3 Å². The number of hydrogen-bond donors (Lipinski definition) is 0. The highest BCUT2D eigenvalue weighted by Gasteiger charge is 2.33. The van der Waals surface area contributed by atoms with Crippen molar-refractivity contribution in [1.82, 2.24) is 4.90 Å². The fourth-order valence-electron chi connectivity index (χ4n) is 2.07. The number of fused-ring (bicyclic) bond motifs is 1. The molecule has 1 amide bonds. The van der Waals surface area contributed by atoms with Gasteiger partial charge in [0, 0.05) is 18.5 Å². The Labute approximate surface area is 113 Å². The summed E-state index contributed by atoms with van der Waals surface area (Å²) in [5.74, 6) is 0.167. The number of halogens is 1. The summed E-state index contributed by atoms with van der Waals surface area (Å²) in [6.45, 7) is 4.46. The van der Waals surface area contributed by atoms with Gasteiger partial charge in [-0.3, -0.25) is 9.59 Å². The van der Waals surface area contributed by atoms with Gasteiger partial charge in [0.25, 0.3) is 5.91 Å². The molecule has 0 aromatic carbocycles. The van der Waals surface area contributed by atoms with Crippen LogP contribution in [0.1, 0.15) is 35.9 Å². The van der Waals surface area contributed by atoms with Gasteiger partial charge in [0.15, 0.2) is 4.67 Å². The Morgan fingerprint density at radius 1 is 1.67 bits per heavy atom. The molecule has 0 spiro atoms. The number of furan rings is 1. The predicted molar refractivity (Wildman–Crippen MR) is 67.4 cm³/mol. The van der Waals surface area contributed by atoms with Gasteiger partial charge >= 0.3 is 5.97 Å². The van der Waals surface area contributed by atoms with Crippen molar-refractivity contribution in [3.05, 3.63) is 22.1 Å². The molecule has 98 valence electrons. The summed E-state index contributed by atoms with van der Waals surface area (Å²) < 4.78 is 10.8. The van der Waals surface area contributed by atoms with Crippen LogP contribution < -0.4 is 0 Å². The maximum Gasteiger partial charge on any atom is 0.325 e. The minimum Gasteiger partial charge on any atom is -0.465 e. The van der Waals surface area contributed by atoms with Crippen LogP contribution in [0.5, 0.6) is 0 Å². The second kappa shape index (κ2) is 5.14. The lowest BCUT2D eigenvalue weighted by molar-refractivity contribution is -0.143. The Morgan fingerprint density at radius 3 is 3.06 bits per heavy atom. The maximum atomic E-state index is 12.2. The number of nitrogens with zero attached hydrogens (tertiary/aromatic N) is 1. The number of amides is 1. The molecule has 0 saturated heterocycles. The molecule has 5 nitrogen and oxygen atoms in total. The summed E-state index contributed by atoms with van der Waals surface area (Å²) in [6, 6.07) is 1.64. The largest absolute Gasteiger partial charge is 0.465 e. The van der Waals surface area contributed by atoms with E-state index >= 15 is 0 Å². The SMILES string of the molecule is CCOC(=O)CN1CC(C)c2oc(Br)cc2C1=O. The van der Waals surface area contributed by atoms with E-state index in [9.17, 15) is 9.59 Å². The minimum atomic E-state index is -0.385. The van der Waals surface area contributed by atoms with Crippen molar-refractivity contribution in [3.63, 3.8) is 0 Å². The first-order valence-electron chi connectivity index (χ1n) is 5.77. The number of hydrogen-bond acceptors (Lipinski definition) is 4. The van der Waals surface area contributed by atoms with Crippen LogP contribution in [-0.2, 0) is 9.53 Å². The van der Waals surface area contributed by atoms with Gasteiger partial charge < -0.3 is 14.1 Å². The highest BCUT2D eigenvalue weighted by atomic mass is 79.9. The van der Waals surface area contributed by atoms with Gasteiger partial charge in [0.05, 0.1) is 12.2 Å². The standard InChI is InChI=1S/C12H14BrNO4/c1-3-17-10(15)6-14-5-7(2)11-8(12(14)16)4-9(13)18-11/h4,7H,3,5-6H2,1-2H3. The number of esters is 1. The molecule has 1 aromatic rings. The average Bonchev–Trinajstić information content (AvgIpc) is 2.69. The zero-order chi connectivity index (χ0) is 13.3. The van der Waals surface area contributed by atoms with Crippen LogP contribution >= 0.6 is 15.9 Å². The zero-order valence-electron chi connectivity index (χ0n) is 10.2. The van der Waals surface area contributed by atoms with Crippen LogP contribution in [-0.4, -0.2) is 36.5 Å². The number of carbonyl (C=O) groups is 2. The third-order valence-corrected chi connectivity index (χ3v) is 3.21. The van der Waals surface area contributed by atoms with Gasteiger partial charge in [0.1, 0.15) is 12.3 Å². The Bertz CT molecular complexity index is 482. The van der Waals surface area contributed by atoms with Gasteiger partial charge in [-0.1, -0.05) is 6.92 Å². The summed E-state index contributed by atoms with van der Waals surface area (Å²) in [5, 5.41) is 0. The van der Waals surface area contributed by atoms with Crippen molar-refractivity contribution in [1.29, 1.82) is 0 Å². The van der Waals surface area contributed by atoms with E-state index in [0.29, 0.717) is 29.1 Å². The molecule has 1 aromatic heterocycles. The predicted octanol–water partition coefficient (Wildman–Crippen LogP) is 2.16. The molecule has 6 heteroatoms. The fraction of sp³-hybridized carbons (Fsp3) is 0.500. The molecule has 2 rings (SSSR count). The van der Waals surface area contributed by atoms with Gasteiger partial charge in [-0.2, -0.15) is 0 Å². The first-order chi connectivity index (χ1) is 8.52. The quantitative estimate of drug-likeness (QED) is 0.802. The zero-order valence-corrected chi connectivity index (χ0v) is 11.8. The lowest BCUT2D eigenvalue weighted by Crippen LogP contribution is -2.42. The molecule has 1 unspecified atom stereocenters. The van der Waals surface area contributed by atoms with Crippen molar-refractivity contribution >= 4 is 27.8 Å². The van der Waals surface area contributed by atoms with Crippen molar-refractivity contribution in [2.45, 2.75) is 19.8 Å². The van der Waals surface area contributed by atoms with E-state index in [4.69, 9.17) is 9.15 Å². The third kappa shape index (κ3) is 2.43. The van der Waals surface area contributed by atoms with E-state index in [1.54, 1.807) is 13.0 Å². The first kappa shape index (κ1) is 13.1. The molecule has 2 heterocycles. The smallest absolute Gasteiger partial charge is 0.325 e. The van der Waals surface area contributed by atoms with E-state index in [1.165, 1.54) is 4.90 Å². The number of ether oxygens (including phenoxy) is 1. The normalized spacial score (nSPS) is 18.7. The Hall–Kier alpha value is -1.30. The van der Waals surface area contributed by atoms with Crippen LogP contribution in [0.4, 0.5) is 0 Å². The molecule has 0 aliphatic carbocycles. The summed E-state index contributed by atoms with van der Waals surface area (Å²) in [7, 11) is 0. The van der Waals surface area contributed by atoms with Crippen molar-refractivity contribution in [3.8, 4) is 0 Å². The van der Waals surface area contributed by atoms with Crippen LogP contribution in [0.2, 0.25) is 0 Å². The van der Waals surface area contributed by atoms with Crippen LogP contribution in [0.25, 0.3) is 0 Å². The topological polar surface area (TPSA) is 59.8 Å². The number of carbonyl (C=O) groups excluding carboxylic acids is 2. The van der Waals surface area contributed by atoms with Crippen LogP contribution in [0.3, 0.4) is 0 Å². The number of rotatable bonds is 3. The minimum absolute atomic E-state index is 0.0146. The van der Waals surface area contributed by atoms with E-state index in [0.717, 1.165) is 0 Å². The Morgan fingerprint density at radius 2 is 2.39 bits per heavy atom. The summed E-state index contributed by atoms with van der Waals surface area (Å²) in [6.07, 6.45) is 0. The highest BCUT2D eigenvalue weighted by Crippen LogP contribution is 2.32. The summed E-state index contributed by atoms with van der Waals surface area (Å²) in [4.78, 5) is 25.1. The molecular weight excluding hydrogens is 302 g/mol. The van der Waals surface area contributed by atoms with E-state index in [2.05, 4.69) is 15.9 Å². The van der Waals surface area contributed by atoms with E-state index < -0.39 is 0 Å². The Balaban J connectivity index is 2.18. The van der Waals surface area contributed by atoms with Crippen LogP contribution in [0, 0.1) is 0 Å². The molecule has 0 saturated carbocycles. The fourth-order valence-corrected chi connectivity index (χ4v) is 2.48. The summed E-state index contributed by atoms with van der Waals surface area (Å²) >= 11 is 3.21. The van der Waals surface area contributed by atoms with Crippen molar-refractivity contribution in [2.24, 2.45) is 0 Å². The maximum absolute atomic E-state index is 12.2. The van der Waals surface area contributed by atoms with Crippen molar-refractivity contribution in [2.75, 3.05) is 19.7 Å². The average molecular weight is 316 g/mol. The monoisotopic (exact) mass is 315 g/mol. The van der Waals surface area contributed by atoms with Crippen molar-refractivity contribution < 1.29 is 18.7 Å². The first-order valence-corrected chi connectivity index (χ1v) is 6.56. The van der Waals surface area contributed by atoms with Gasteiger partial charge in [-0.15, -0.1) is 0 Å². The van der Waals surface area contributed by atoms with E-state index in [1.807, 2.05) is 6.92 Å². The van der Waals surface area contributed by atoms with Gasteiger partial charge in [0.2, 0.25) is 0 Å². The second-order valence-electron chi connectivity index (χ2n) is 4.22. The Kier molecular flexibility index (Phi) is 3.75. The highest BCUT2D eigenvalue weighted by molar-refractivity contribution is 9.10. The molecular formula is C12H14BrNO4. The summed E-state index contributed by atoms with van der Waals surface area (Å²) in [5.41, 5.74) is 0.518.